The fourth-order valence-electron chi connectivity index (χ4n) is 2.44. The van der Waals surface area contributed by atoms with E-state index in [1.807, 2.05) is 12.1 Å². The molecule has 1 aromatic carbocycles. The summed E-state index contributed by atoms with van der Waals surface area (Å²) in [6, 6.07) is 6.13. The lowest BCUT2D eigenvalue weighted by atomic mass is 10.1. The van der Waals surface area contributed by atoms with Gasteiger partial charge >= 0.3 is 0 Å². The van der Waals surface area contributed by atoms with Crippen LogP contribution in [0.25, 0.3) is 0 Å². The Morgan fingerprint density at radius 1 is 1.30 bits per heavy atom. The van der Waals surface area contributed by atoms with E-state index in [9.17, 15) is 0 Å². The van der Waals surface area contributed by atoms with E-state index in [1.165, 1.54) is 5.56 Å². The molecule has 0 unspecified atom stereocenters. The highest BCUT2D eigenvalue weighted by Crippen LogP contribution is 2.24. The van der Waals surface area contributed by atoms with E-state index < -0.39 is 0 Å². The Bertz CT molecular complexity index is 475. The van der Waals surface area contributed by atoms with Gasteiger partial charge in [-0.1, -0.05) is 28.1 Å². The number of nitrogens with two attached hydrogens (primary N) is 1. The number of benzene rings is 1. The molecule has 2 rings (SSSR count). The molecule has 1 aromatic rings. The van der Waals surface area contributed by atoms with Gasteiger partial charge in [0.1, 0.15) is 5.75 Å². The standard InChI is InChI=1S/C14H20BrN3OS/c1-19-13-3-2-12(15)8-11(13)9-17-4-6-18(7-5-17)10-14(16)20/h2-3,8H,4-7,9-10H2,1H3,(H2,16,20). The molecule has 1 aliphatic rings. The molecule has 110 valence electrons. The van der Waals surface area contributed by atoms with Crippen molar-refractivity contribution in [1.29, 1.82) is 0 Å². The molecule has 1 heterocycles. The number of piperazine rings is 1. The molecule has 2 N–H and O–H groups in total. The second kappa shape index (κ2) is 7.36. The van der Waals surface area contributed by atoms with Gasteiger partial charge in [0, 0.05) is 49.3 Å². The first kappa shape index (κ1) is 15.7. The van der Waals surface area contributed by atoms with Gasteiger partial charge in [0.2, 0.25) is 0 Å². The topological polar surface area (TPSA) is 41.7 Å². The lowest BCUT2D eigenvalue weighted by Gasteiger charge is -2.34. The summed E-state index contributed by atoms with van der Waals surface area (Å²) >= 11 is 8.48. The van der Waals surface area contributed by atoms with Crippen LogP contribution in [0.5, 0.6) is 5.75 Å². The van der Waals surface area contributed by atoms with E-state index in [1.54, 1.807) is 7.11 Å². The number of methoxy groups -OCH3 is 1. The molecule has 1 aliphatic heterocycles. The van der Waals surface area contributed by atoms with Crippen LogP contribution >= 0.6 is 28.1 Å². The van der Waals surface area contributed by atoms with Gasteiger partial charge in [-0.15, -0.1) is 0 Å². The van der Waals surface area contributed by atoms with Crippen molar-refractivity contribution in [2.24, 2.45) is 5.73 Å². The van der Waals surface area contributed by atoms with Crippen LogP contribution in [-0.4, -0.2) is 54.6 Å². The van der Waals surface area contributed by atoms with E-state index in [0.29, 0.717) is 4.99 Å². The average molecular weight is 358 g/mol. The summed E-state index contributed by atoms with van der Waals surface area (Å²) in [5.41, 5.74) is 6.80. The molecule has 6 heteroatoms. The fourth-order valence-corrected chi connectivity index (χ4v) is 3.03. The Labute approximate surface area is 134 Å². The molecule has 20 heavy (non-hydrogen) atoms. The molecule has 0 bridgehead atoms. The normalized spacial score (nSPS) is 17.1. The first-order valence-electron chi connectivity index (χ1n) is 6.64. The molecular weight excluding hydrogens is 338 g/mol. The summed E-state index contributed by atoms with van der Waals surface area (Å²) in [6.07, 6.45) is 0. The molecule has 0 radical (unpaired) electrons. The highest BCUT2D eigenvalue weighted by atomic mass is 79.9. The van der Waals surface area contributed by atoms with Gasteiger partial charge < -0.3 is 10.5 Å². The molecule has 0 saturated carbocycles. The Morgan fingerprint density at radius 2 is 1.95 bits per heavy atom. The number of ether oxygens (including phenoxy) is 1. The number of hydrogen-bond donors (Lipinski definition) is 1. The number of halogens is 1. The van der Waals surface area contributed by atoms with Crippen molar-refractivity contribution in [2.75, 3.05) is 39.8 Å². The minimum Gasteiger partial charge on any atom is -0.496 e. The van der Waals surface area contributed by atoms with Crippen molar-refractivity contribution in [1.82, 2.24) is 9.80 Å². The Balaban J connectivity index is 1.92. The lowest BCUT2D eigenvalue weighted by molar-refractivity contribution is 0.139. The minimum absolute atomic E-state index is 0.576. The Kier molecular flexibility index (Phi) is 5.77. The van der Waals surface area contributed by atoms with Crippen LogP contribution in [0.15, 0.2) is 22.7 Å². The van der Waals surface area contributed by atoms with Crippen LogP contribution in [-0.2, 0) is 6.54 Å². The first-order valence-corrected chi connectivity index (χ1v) is 7.84. The van der Waals surface area contributed by atoms with Crippen molar-refractivity contribution in [3.05, 3.63) is 28.2 Å². The predicted molar refractivity (Wildman–Crippen MR) is 89.2 cm³/mol. The molecule has 0 aromatic heterocycles. The zero-order chi connectivity index (χ0) is 14.5. The van der Waals surface area contributed by atoms with Crippen LogP contribution in [0.1, 0.15) is 5.56 Å². The maximum Gasteiger partial charge on any atom is 0.123 e. The molecule has 1 saturated heterocycles. The fraction of sp³-hybridized carbons (Fsp3) is 0.500. The summed E-state index contributed by atoms with van der Waals surface area (Å²) < 4.78 is 6.51. The number of nitrogens with zero attached hydrogens (tertiary/aromatic N) is 2. The molecule has 1 fully saturated rings. The SMILES string of the molecule is COc1ccc(Br)cc1CN1CCN(CC(N)=S)CC1. The summed E-state index contributed by atoms with van der Waals surface area (Å²) in [5.74, 6) is 0.943. The minimum atomic E-state index is 0.576. The first-order chi connectivity index (χ1) is 9.58. The molecule has 0 atom stereocenters. The van der Waals surface area contributed by atoms with Gasteiger partial charge in [-0.05, 0) is 18.2 Å². The summed E-state index contributed by atoms with van der Waals surface area (Å²) in [7, 11) is 1.72. The quantitative estimate of drug-likeness (QED) is 0.814. The van der Waals surface area contributed by atoms with Gasteiger partial charge in [-0.3, -0.25) is 9.80 Å². The third-order valence-corrected chi connectivity index (χ3v) is 4.10. The van der Waals surface area contributed by atoms with Crippen molar-refractivity contribution >= 4 is 33.1 Å². The van der Waals surface area contributed by atoms with Gasteiger partial charge in [-0.2, -0.15) is 0 Å². The second-order valence-electron chi connectivity index (χ2n) is 4.97. The van der Waals surface area contributed by atoms with Crippen LogP contribution < -0.4 is 10.5 Å². The zero-order valence-electron chi connectivity index (χ0n) is 11.6. The lowest BCUT2D eigenvalue weighted by Crippen LogP contribution is -2.48. The smallest absolute Gasteiger partial charge is 0.123 e. The molecule has 0 aliphatic carbocycles. The molecular formula is C14H20BrN3OS. The summed E-state index contributed by atoms with van der Waals surface area (Å²) in [4.78, 5) is 5.31. The van der Waals surface area contributed by atoms with Crippen LogP contribution in [0.3, 0.4) is 0 Å². The highest BCUT2D eigenvalue weighted by molar-refractivity contribution is 9.10. The van der Waals surface area contributed by atoms with Gasteiger partial charge in [0.15, 0.2) is 0 Å². The number of thiocarbonyl (C=S) groups is 1. The second-order valence-corrected chi connectivity index (χ2v) is 6.41. The van der Waals surface area contributed by atoms with Crippen LogP contribution in [0, 0.1) is 0 Å². The summed E-state index contributed by atoms with van der Waals surface area (Å²) in [6.45, 7) is 5.70. The van der Waals surface area contributed by atoms with Gasteiger partial charge in [0.05, 0.1) is 12.1 Å². The van der Waals surface area contributed by atoms with Gasteiger partial charge in [-0.25, -0.2) is 0 Å². The van der Waals surface area contributed by atoms with Crippen LogP contribution in [0.4, 0.5) is 0 Å². The number of rotatable bonds is 5. The molecule has 0 spiro atoms. The summed E-state index contributed by atoms with van der Waals surface area (Å²) in [5, 5.41) is 0. The average Bonchev–Trinajstić information content (AvgIpc) is 2.41. The molecule has 0 amide bonds. The zero-order valence-corrected chi connectivity index (χ0v) is 14.0. The van der Waals surface area contributed by atoms with Gasteiger partial charge in [0.25, 0.3) is 0 Å². The Hall–Kier alpha value is -0.690. The van der Waals surface area contributed by atoms with E-state index in [0.717, 1.165) is 49.5 Å². The monoisotopic (exact) mass is 357 g/mol. The van der Waals surface area contributed by atoms with Crippen molar-refractivity contribution < 1.29 is 4.74 Å². The Morgan fingerprint density at radius 3 is 2.55 bits per heavy atom. The van der Waals surface area contributed by atoms with E-state index >= 15 is 0 Å². The van der Waals surface area contributed by atoms with Crippen molar-refractivity contribution in [3.63, 3.8) is 0 Å². The van der Waals surface area contributed by atoms with Crippen molar-refractivity contribution in [3.8, 4) is 5.75 Å². The van der Waals surface area contributed by atoms with E-state index in [2.05, 4.69) is 31.8 Å². The maximum absolute atomic E-state index is 5.59. The largest absolute Gasteiger partial charge is 0.496 e. The maximum atomic E-state index is 5.59. The third kappa shape index (κ3) is 4.41. The van der Waals surface area contributed by atoms with Crippen LogP contribution in [0.2, 0.25) is 0 Å². The van der Waals surface area contributed by atoms with Crippen molar-refractivity contribution in [2.45, 2.75) is 6.54 Å². The van der Waals surface area contributed by atoms with E-state index in [4.69, 9.17) is 22.7 Å². The molecule has 4 nitrogen and oxygen atoms in total. The third-order valence-electron chi connectivity index (χ3n) is 3.48. The van der Waals surface area contributed by atoms with E-state index in [-0.39, 0.29) is 0 Å². The highest BCUT2D eigenvalue weighted by Gasteiger charge is 2.18. The number of hydrogen-bond acceptors (Lipinski definition) is 4. The predicted octanol–water partition coefficient (Wildman–Crippen LogP) is 1.86.